The molecular formula is C2H12Al2Cl2. The Morgan fingerprint density at radius 1 is 1.33 bits per heavy atom. The van der Waals surface area contributed by atoms with Crippen LogP contribution in [0.5, 0.6) is 0 Å². The lowest BCUT2D eigenvalue weighted by atomic mass is 11.0. The number of halogens is 2. The van der Waals surface area contributed by atoms with Crippen LogP contribution in [0.4, 0.5) is 0 Å². The van der Waals surface area contributed by atoms with Gasteiger partial charge in [-0.3, -0.25) is 0 Å². The zero-order valence-electron chi connectivity index (χ0n) is 3.52. The standard InChI is InChI=1S/C2H5.2Al.2ClH.5H/c1-2;;;;;;;;;/h1H2,2H3;;;2*1H;;;;;. The van der Waals surface area contributed by atoms with E-state index in [4.69, 9.17) is 0 Å². The minimum absolute atomic E-state index is 0. The number of rotatable bonds is 0. The van der Waals surface area contributed by atoms with Crippen molar-refractivity contribution in [2.45, 2.75) is 12.2 Å². The van der Waals surface area contributed by atoms with Crippen LogP contribution < -0.4 is 0 Å². The summed E-state index contributed by atoms with van der Waals surface area (Å²) < 4.78 is 0. The van der Waals surface area contributed by atoms with Gasteiger partial charge in [-0.2, -0.15) is 0 Å². The predicted octanol–water partition coefficient (Wildman–Crippen LogP) is -0.283. The van der Waals surface area contributed by atoms with Crippen LogP contribution in [-0.2, 0) is 0 Å². The van der Waals surface area contributed by atoms with Crippen molar-refractivity contribution in [2.24, 2.45) is 0 Å². The van der Waals surface area contributed by atoms with E-state index >= 15 is 0 Å². The molecule has 0 saturated heterocycles. The van der Waals surface area contributed by atoms with Crippen LogP contribution in [-0.4, -0.2) is 33.7 Å². The molecule has 4 heteroatoms. The second-order valence-electron chi connectivity index (χ2n) is 0.707. The number of hydrogen-bond donors (Lipinski definition) is 0. The van der Waals surface area contributed by atoms with Crippen LogP contribution in [0.2, 0.25) is 5.28 Å². The summed E-state index contributed by atoms with van der Waals surface area (Å²) in [6.07, 6.45) is 0. The second-order valence-corrected chi connectivity index (χ2v) is 2.12. The molecule has 40 valence electrons. The molecule has 0 aliphatic carbocycles. The Bertz CT molecular complexity index is 9.51. The lowest BCUT2D eigenvalue weighted by Crippen LogP contribution is -1.41. The molecule has 0 amide bonds. The maximum Gasteiger partial charge on any atom is 0.211 e. The van der Waals surface area contributed by atoms with Crippen molar-refractivity contribution in [1.29, 1.82) is 0 Å². The van der Waals surface area contributed by atoms with Crippen LogP contribution in [0.3, 0.4) is 0 Å². The summed E-state index contributed by atoms with van der Waals surface area (Å²) >= 11 is 1.37. The largest absolute Gasteiger partial charge is 0.211 e. The third kappa shape index (κ3) is 45.0. The Morgan fingerprint density at radius 3 is 1.33 bits per heavy atom. The monoisotopic (exact) mass is 160 g/mol. The first-order valence-corrected chi connectivity index (χ1v) is 2.83. The molecule has 0 unspecified atom stereocenters. The molecule has 0 spiro atoms. The zero-order valence-corrected chi connectivity index (χ0v) is 7.16. The molecule has 0 rings (SSSR count). The smallest absolute Gasteiger partial charge is 0.147 e. The van der Waals surface area contributed by atoms with E-state index in [1.807, 2.05) is 0 Å². The average Bonchev–Trinajstić information content (AvgIpc) is 0.918. The lowest BCUT2D eigenvalue weighted by molar-refractivity contribution is 1.48. The summed E-state index contributed by atoms with van der Waals surface area (Å²) in [7, 11) is 0. The highest BCUT2D eigenvalue weighted by Gasteiger charge is 1.41. The topological polar surface area (TPSA) is 0 Å². The van der Waals surface area contributed by atoms with E-state index in [0.29, 0.717) is 0 Å². The molecule has 0 fully saturated rings. The Morgan fingerprint density at radius 2 is 1.33 bits per heavy atom. The molecule has 0 bridgehead atoms. The van der Waals surface area contributed by atoms with Crippen LogP contribution in [0.15, 0.2) is 0 Å². The molecule has 0 aromatic heterocycles. The molecule has 0 saturated carbocycles. The summed E-state index contributed by atoms with van der Waals surface area (Å²) in [6.45, 7) is 2.19. The fraction of sp³-hybridized carbons (Fsp3) is 1.00. The van der Waals surface area contributed by atoms with Gasteiger partial charge in [0.2, 0.25) is 16.3 Å². The van der Waals surface area contributed by atoms with E-state index in [1.54, 1.807) is 0 Å². The van der Waals surface area contributed by atoms with E-state index in [0.717, 1.165) is 0 Å². The maximum absolute atomic E-state index is 2.19. The van der Waals surface area contributed by atoms with Gasteiger partial charge in [0.15, 0.2) is 17.4 Å². The Balaban J connectivity index is -0.00000000667. The highest BCUT2D eigenvalue weighted by atomic mass is 35.5. The van der Waals surface area contributed by atoms with Crippen molar-refractivity contribution in [1.82, 2.24) is 0 Å². The van der Waals surface area contributed by atoms with Gasteiger partial charge in [0.1, 0.15) is 0 Å². The quantitative estimate of drug-likeness (QED) is 0.428. The predicted molar refractivity (Wildman–Crippen MR) is 43.5 cm³/mol. The van der Waals surface area contributed by atoms with Gasteiger partial charge in [-0.15, -0.1) is 30.1 Å². The first-order valence-electron chi connectivity index (χ1n) is 1.41. The first-order chi connectivity index (χ1) is 1.41. The Labute approximate surface area is 70.4 Å². The Kier molecular flexibility index (Phi) is 128. The van der Waals surface area contributed by atoms with Crippen LogP contribution in [0, 0.1) is 0 Å². The van der Waals surface area contributed by atoms with Gasteiger partial charge in [-0.1, -0.05) is 6.92 Å². The van der Waals surface area contributed by atoms with Gasteiger partial charge in [-0.25, -0.2) is 0 Å². The third-order valence-electron chi connectivity index (χ3n) is 0. The van der Waals surface area contributed by atoms with Gasteiger partial charge in [0.05, 0.1) is 0 Å². The van der Waals surface area contributed by atoms with E-state index < -0.39 is 0 Å². The third-order valence-corrected chi connectivity index (χ3v) is 0. The van der Waals surface area contributed by atoms with Crippen molar-refractivity contribution in [3.63, 3.8) is 0 Å². The van der Waals surface area contributed by atoms with Crippen LogP contribution >= 0.6 is 24.8 Å². The van der Waals surface area contributed by atoms with E-state index in [-0.39, 0.29) is 42.2 Å². The Hall–Kier alpha value is 1.64. The summed E-state index contributed by atoms with van der Waals surface area (Å²) in [5.41, 5.74) is 0. The van der Waals surface area contributed by atoms with Gasteiger partial charge >= 0.3 is 0 Å². The molecule has 0 aromatic rings. The molecule has 6 heavy (non-hydrogen) atoms. The summed E-state index contributed by atoms with van der Waals surface area (Å²) in [4.78, 5) is 0. The van der Waals surface area contributed by atoms with Gasteiger partial charge < -0.3 is 0 Å². The molecule has 0 N–H and O–H groups in total. The minimum Gasteiger partial charge on any atom is -0.147 e. The lowest BCUT2D eigenvalue weighted by Gasteiger charge is -1.44. The summed E-state index contributed by atoms with van der Waals surface area (Å²) in [5.74, 6) is 0. The fourth-order valence-corrected chi connectivity index (χ4v) is 0. The maximum atomic E-state index is 2.19. The molecule has 0 heterocycles. The van der Waals surface area contributed by atoms with Gasteiger partial charge in [-0.05, 0) is 0 Å². The van der Waals surface area contributed by atoms with Gasteiger partial charge in [0.25, 0.3) is 0 Å². The molecule has 0 aliphatic rings. The summed E-state index contributed by atoms with van der Waals surface area (Å²) in [5, 5.41) is 1.39. The molecule has 0 atom stereocenters. The second kappa shape index (κ2) is 30.3. The summed E-state index contributed by atoms with van der Waals surface area (Å²) in [6, 6.07) is 0. The van der Waals surface area contributed by atoms with Crippen molar-refractivity contribution in [2.75, 3.05) is 0 Å². The molecule has 0 nitrogen and oxygen atoms in total. The minimum atomic E-state index is 0. The van der Waals surface area contributed by atoms with E-state index in [2.05, 4.69) is 6.92 Å². The molecule has 0 aromatic carbocycles. The SMILES string of the molecule is C[CH2][AlH2].Cl.Cl.[AlH3]. The van der Waals surface area contributed by atoms with Crippen molar-refractivity contribution in [3.8, 4) is 0 Å². The zero-order chi connectivity index (χ0) is 2.71. The molecular weight excluding hydrogens is 149 g/mol. The van der Waals surface area contributed by atoms with Crippen molar-refractivity contribution >= 4 is 58.5 Å². The normalized spacial score (nSPS) is 2.83. The molecule has 0 radical (unpaired) electrons. The first kappa shape index (κ1) is 25.4. The van der Waals surface area contributed by atoms with Crippen LogP contribution in [0.25, 0.3) is 0 Å². The average molecular weight is 161 g/mol. The molecule has 0 aliphatic heterocycles. The van der Waals surface area contributed by atoms with Crippen molar-refractivity contribution in [3.05, 3.63) is 0 Å². The number of hydrogen-bond acceptors (Lipinski definition) is 0. The van der Waals surface area contributed by atoms with Crippen molar-refractivity contribution < 1.29 is 0 Å². The fourth-order valence-electron chi connectivity index (χ4n) is 0. The highest BCUT2D eigenvalue weighted by Crippen LogP contribution is 1.49. The highest BCUT2D eigenvalue weighted by molar-refractivity contribution is 6.08. The van der Waals surface area contributed by atoms with E-state index in [1.165, 1.54) is 21.6 Å². The van der Waals surface area contributed by atoms with Gasteiger partial charge in [0, 0.05) is 0 Å². The van der Waals surface area contributed by atoms with Crippen LogP contribution in [0.1, 0.15) is 6.92 Å². The van der Waals surface area contributed by atoms with E-state index in [9.17, 15) is 0 Å².